The standard InChI is InChI=1S/C7H11NO4/c1-11-8(6-3-2-4-6)7(10)12-5-9/h5-6H,2-4H2,1H3. The van der Waals surface area contributed by atoms with Crippen molar-refractivity contribution in [1.82, 2.24) is 5.06 Å². The lowest BCUT2D eigenvalue weighted by atomic mass is 9.93. The zero-order valence-electron chi connectivity index (χ0n) is 6.86. The normalized spacial score (nSPS) is 16.4. The summed E-state index contributed by atoms with van der Waals surface area (Å²) in [6.07, 6.45) is 2.15. The molecule has 0 radical (unpaired) electrons. The smallest absolute Gasteiger partial charge is 0.377 e. The van der Waals surface area contributed by atoms with Gasteiger partial charge in [0.2, 0.25) is 0 Å². The summed E-state index contributed by atoms with van der Waals surface area (Å²) in [4.78, 5) is 25.6. The Morgan fingerprint density at radius 2 is 2.25 bits per heavy atom. The van der Waals surface area contributed by atoms with Gasteiger partial charge in [0, 0.05) is 0 Å². The van der Waals surface area contributed by atoms with Crippen molar-refractivity contribution in [3.63, 3.8) is 0 Å². The number of amides is 1. The van der Waals surface area contributed by atoms with Crippen LogP contribution in [-0.4, -0.2) is 30.8 Å². The van der Waals surface area contributed by atoms with Crippen LogP contribution < -0.4 is 0 Å². The SMILES string of the molecule is CON(C(=O)OC=O)C1CCC1. The van der Waals surface area contributed by atoms with Gasteiger partial charge in [-0.05, 0) is 19.3 Å². The maximum Gasteiger partial charge on any atom is 0.441 e. The Kier molecular flexibility index (Phi) is 3.04. The van der Waals surface area contributed by atoms with Gasteiger partial charge in [-0.2, -0.15) is 5.06 Å². The van der Waals surface area contributed by atoms with Crippen LogP contribution in [0.5, 0.6) is 0 Å². The second-order valence-corrected chi connectivity index (χ2v) is 2.57. The highest BCUT2D eigenvalue weighted by Gasteiger charge is 2.30. The Morgan fingerprint density at radius 1 is 1.58 bits per heavy atom. The van der Waals surface area contributed by atoms with E-state index in [1.54, 1.807) is 0 Å². The maximum absolute atomic E-state index is 11.0. The van der Waals surface area contributed by atoms with Crippen molar-refractivity contribution >= 4 is 12.6 Å². The van der Waals surface area contributed by atoms with Crippen LogP contribution >= 0.6 is 0 Å². The lowest BCUT2D eigenvalue weighted by molar-refractivity contribution is -0.157. The van der Waals surface area contributed by atoms with Crippen LogP contribution in [0.2, 0.25) is 0 Å². The molecule has 5 heteroatoms. The minimum absolute atomic E-state index is 0.0717. The van der Waals surface area contributed by atoms with Crippen LogP contribution in [0.3, 0.4) is 0 Å². The van der Waals surface area contributed by atoms with E-state index in [9.17, 15) is 9.59 Å². The summed E-state index contributed by atoms with van der Waals surface area (Å²) < 4.78 is 4.13. The molecule has 68 valence electrons. The van der Waals surface area contributed by atoms with Gasteiger partial charge in [-0.25, -0.2) is 4.79 Å². The Balaban J connectivity index is 2.42. The molecule has 5 nitrogen and oxygen atoms in total. The second kappa shape index (κ2) is 4.06. The molecule has 0 aliphatic heterocycles. The van der Waals surface area contributed by atoms with E-state index in [4.69, 9.17) is 4.84 Å². The minimum atomic E-state index is -0.739. The fourth-order valence-corrected chi connectivity index (χ4v) is 1.09. The third kappa shape index (κ3) is 1.73. The Morgan fingerprint density at radius 3 is 2.58 bits per heavy atom. The Bertz CT molecular complexity index is 178. The van der Waals surface area contributed by atoms with E-state index in [0.717, 1.165) is 24.3 Å². The lowest BCUT2D eigenvalue weighted by Gasteiger charge is -2.33. The summed E-state index contributed by atoms with van der Waals surface area (Å²) >= 11 is 0. The van der Waals surface area contributed by atoms with E-state index in [2.05, 4.69) is 4.74 Å². The predicted octanol–water partition coefficient (Wildman–Crippen LogP) is 0.695. The maximum atomic E-state index is 11.0. The van der Waals surface area contributed by atoms with E-state index in [1.807, 2.05) is 0 Å². The van der Waals surface area contributed by atoms with E-state index in [1.165, 1.54) is 7.11 Å². The highest BCUT2D eigenvalue weighted by atomic mass is 16.7. The monoisotopic (exact) mass is 173 g/mol. The molecular formula is C7H11NO4. The molecule has 0 spiro atoms. The number of carbonyl (C=O) groups excluding carboxylic acids is 2. The number of nitrogens with zero attached hydrogens (tertiary/aromatic N) is 1. The number of carbonyl (C=O) groups is 2. The molecule has 1 saturated carbocycles. The van der Waals surface area contributed by atoms with Gasteiger partial charge in [0.05, 0.1) is 13.2 Å². The van der Waals surface area contributed by atoms with E-state index in [-0.39, 0.29) is 12.5 Å². The largest absolute Gasteiger partial charge is 0.441 e. The van der Waals surface area contributed by atoms with Crippen LogP contribution in [-0.2, 0) is 14.4 Å². The molecular weight excluding hydrogens is 162 g/mol. The number of hydrogen-bond donors (Lipinski definition) is 0. The molecule has 12 heavy (non-hydrogen) atoms. The van der Waals surface area contributed by atoms with Gasteiger partial charge in [0.15, 0.2) is 0 Å². The van der Waals surface area contributed by atoms with Crippen LogP contribution in [0.1, 0.15) is 19.3 Å². The molecule has 0 aromatic carbocycles. The van der Waals surface area contributed by atoms with Gasteiger partial charge in [-0.15, -0.1) is 0 Å². The average Bonchev–Trinajstić information content (AvgIpc) is 1.96. The van der Waals surface area contributed by atoms with Crippen molar-refractivity contribution in [3.8, 4) is 0 Å². The first kappa shape index (κ1) is 8.99. The number of rotatable bonds is 3. The van der Waals surface area contributed by atoms with Crippen molar-refractivity contribution in [2.24, 2.45) is 0 Å². The van der Waals surface area contributed by atoms with E-state index < -0.39 is 6.09 Å². The fourth-order valence-electron chi connectivity index (χ4n) is 1.09. The van der Waals surface area contributed by atoms with Gasteiger partial charge in [-0.1, -0.05) is 0 Å². The zero-order chi connectivity index (χ0) is 8.97. The minimum Gasteiger partial charge on any atom is -0.377 e. The topological polar surface area (TPSA) is 55.8 Å². The van der Waals surface area contributed by atoms with Crippen LogP contribution in [0.15, 0.2) is 0 Å². The highest BCUT2D eigenvalue weighted by Crippen LogP contribution is 2.24. The summed E-state index contributed by atoms with van der Waals surface area (Å²) in [6.45, 7) is 0.104. The molecule has 0 unspecified atom stereocenters. The molecule has 1 aliphatic carbocycles. The summed E-state index contributed by atoms with van der Waals surface area (Å²) in [5.41, 5.74) is 0. The average molecular weight is 173 g/mol. The predicted molar refractivity (Wildman–Crippen MR) is 39.0 cm³/mol. The van der Waals surface area contributed by atoms with Crippen molar-refractivity contribution in [2.75, 3.05) is 7.11 Å². The summed E-state index contributed by atoms with van der Waals surface area (Å²) in [7, 11) is 1.38. The number of hydroxylamine groups is 2. The third-order valence-electron chi connectivity index (χ3n) is 1.93. The van der Waals surface area contributed by atoms with Crippen molar-refractivity contribution in [3.05, 3.63) is 0 Å². The van der Waals surface area contributed by atoms with Gasteiger partial charge in [-0.3, -0.25) is 9.63 Å². The molecule has 0 heterocycles. The summed E-state index contributed by atoms with van der Waals surface area (Å²) in [5.74, 6) is 0. The quantitative estimate of drug-likeness (QED) is 0.358. The first-order valence-corrected chi connectivity index (χ1v) is 3.77. The molecule has 1 rings (SSSR count). The molecule has 0 aromatic rings. The molecule has 1 amide bonds. The summed E-state index contributed by atoms with van der Waals surface area (Å²) in [5, 5.41) is 1.10. The third-order valence-corrected chi connectivity index (χ3v) is 1.93. The lowest BCUT2D eigenvalue weighted by Crippen LogP contribution is -2.43. The van der Waals surface area contributed by atoms with Gasteiger partial charge in [0.25, 0.3) is 0 Å². The van der Waals surface area contributed by atoms with Crippen molar-refractivity contribution in [2.45, 2.75) is 25.3 Å². The molecule has 1 aliphatic rings. The second-order valence-electron chi connectivity index (χ2n) is 2.57. The Hall–Kier alpha value is -1.10. The number of ether oxygens (including phenoxy) is 1. The number of hydrogen-bond acceptors (Lipinski definition) is 4. The van der Waals surface area contributed by atoms with E-state index in [0.29, 0.717) is 0 Å². The molecule has 0 saturated heterocycles. The van der Waals surface area contributed by atoms with Gasteiger partial charge in [0.1, 0.15) is 0 Å². The zero-order valence-corrected chi connectivity index (χ0v) is 6.86. The van der Waals surface area contributed by atoms with Gasteiger partial charge < -0.3 is 4.74 Å². The van der Waals surface area contributed by atoms with Crippen molar-refractivity contribution < 1.29 is 19.2 Å². The van der Waals surface area contributed by atoms with Crippen LogP contribution in [0, 0.1) is 0 Å². The van der Waals surface area contributed by atoms with Crippen LogP contribution in [0.25, 0.3) is 0 Å². The highest BCUT2D eigenvalue weighted by molar-refractivity contribution is 5.74. The first-order valence-electron chi connectivity index (χ1n) is 3.77. The first-order chi connectivity index (χ1) is 5.79. The summed E-state index contributed by atoms with van der Waals surface area (Å²) in [6, 6.07) is 0.0717. The molecule has 0 aromatic heterocycles. The molecule has 1 fully saturated rings. The molecule has 0 atom stereocenters. The Labute approximate surface area is 70.2 Å². The molecule has 0 N–H and O–H groups in total. The molecule has 0 bridgehead atoms. The van der Waals surface area contributed by atoms with Crippen molar-refractivity contribution in [1.29, 1.82) is 0 Å². The van der Waals surface area contributed by atoms with Crippen LogP contribution in [0.4, 0.5) is 4.79 Å². The van der Waals surface area contributed by atoms with E-state index >= 15 is 0 Å². The fraction of sp³-hybridized carbons (Fsp3) is 0.714. The van der Waals surface area contributed by atoms with Gasteiger partial charge >= 0.3 is 12.6 Å².